The molecule has 6 nitrogen and oxygen atoms in total. The summed E-state index contributed by atoms with van der Waals surface area (Å²) < 4.78 is 13.6. The topological polar surface area (TPSA) is 68.5 Å². The summed E-state index contributed by atoms with van der Waals surface area (Å²) in [5, 5.41) is 18.2. The molecule has 2 N–H and O–H groups in total. The molecule has 0 spiro atoms. The fraction of sp³-hybridized carbons (Fsp3) is 0.526. The first kappa shape index (κ1) is 16.4. The molecule has 1 fully saturated rings. The van der Waals surface area contributed by atoms with Crippen molar-refractivity contribution in [3.05, 3.63) is 42.2 Å². The molecule has 1 aromatic heterocycles. The zero-order valence-corrected chi connectivity index (χ0v) is 14.3. The molecule has 1 saturated carbocycles. The van der Waals surface area contributed by atoms with Crippen molar-refractivity contribution in [3.8, 4) is 11.5 Å². The lowest BCUT2D eigenvalue weighted by Gasteiger charge is -2.18. The maximum Gasteiger partial charge on any atom is 0.165 e. The summed E-state index contributed by atoms with van der Waals surface area (Å²) in [7, 11) is 0. The van der Waals surface area contributed by atoms with Gasteiger partial charge in [-0.1, -0.05) is 12.1 Å². The number of aliphatic hydroxyl groups excluding tert-OH is 1. The summed E-state index contributed by atoms with van der Waals surface area (Å²) in [6.07, 6.45) is 6.11. The molecule has 3 atom stereocenters. The third-order valence-corrected chi connectivity index (χ3v) is 5.04. The number of fused-ring (bicyclic) bond motifs is 1. The highest BCUT2D eigenvalue weighted by Gasteiger charge is 2.33. The summed E-state index contributed by atoms with van der Waals surface area (Å²) in [6, 6.07) is 8.04. The summed E-state index contributed by atoms with van der Waals surface area (Å²) >= 11 is 0. The van der Waals surface area contributed by atoms with E-state index < -0.39 is 0 Å². The van der Waals surface area contributed by atoms with Crippen molar-refractivity contribution in [1.82, 2.24) is 15.1 Å². The number of hydrogen-bond acceptors (Lipinski definition) is 5. The monoisotopic (exact) mass is 343 g/mol. The number of aliphatic hydroxyl groups is 1. The molecule has 2 aliphatic rings. The Morgan fingerprint density at radius 1 is 1.20 bits per heavy atom. The van der Waals surface area contributed by atoms with Gasteiger partial charge in [0.25, 0.3) is 0 Å². The predicted octanol–water partition coefficient (Wildman–Crippen LogP) is 1.97. The Morgan fingerprint density at radius 3 is 3.00 bits per heavy atom. The Kier molecular flexibility index (Phi) is 4.90. The molecule has 1 aromatic carbocycles. The van der Waals surface area contributed by atoms with Gasteiger partial charge in [-0.25, -0.2) is 0 Å². The minimum Gasteiger partial charge on any atom is -0.490 e. The minimum absolute atomic E-state index is 0.100. The molecule has 0 bridgehead atoms. The summed E-state index contributed by atoms with van der Waals surface area (Å²) in [5.41, 5.74) is 1.09. The zero-order valence-electron chi connectivity index (χ0n) is 14.3. The maximum atomic E-state index is 10.4. The van der Waals surface area contributed by atoms with Gasteiger partial charge in [0.2, 0.25) is 0 Å². The molecule has 2 heterocycles. The van der Waals surface area contributed by atoms with Gasteiger partial charge < -0.3 is 19.9 Å². The van der Waals surface area contributed by atoms with Crippen LogP contribution in [-0.4, -0.2) is 40.2 Å². The molecule has 6 heteroatoms. The van der Waals surface area contributed by atoms with Gasteiger partial charge in [-0.3, -0.25) is 4.68 Å². The van der Waals surface area contributed by atoms with E-state index in [9.17, 15) is 5.11 Å². The predicted molar refractivity (Wildman–Crippen MR) is 93.6 cm³/mol. The van der Waals surface area contributed by atoms with Gasteiger partial charge in [-0.2, -0.15) is 5.10 Å². The van der Waals surface area contributed by atoms with E-state index in [0.29, 0.717) is 25.7 Å². The van der Waals surface area contributed by atoms with Crippen LogP contribution < -0.4 is 14.8 Å². The molecular formula is C19H25N3O3. The van der Waals surface area contributed by atoms with Gasteiger partial charge in [0, 0.05) is 43.5 Å². The van der Waals surface area contributed by atoms with Crippen LogP contribution >= 0.6 is 0 Å². The van der Waals surface area contributed by atoms with Crippen molar-refractivity contribution in [3.63, 3.8) is 0 Å². The first-order valence-corrected chi connectivity index (χ1v) is 9.06. The smallest absolute Gasteiger partial charge is 0.165 e. The average Bonchev–Trinajstić information content (AvgIpc) is 3.16. The fourth-order valence-electron chi connectivity index (χ4n) is 3.79. The molecule has 25 heavy (non-hydrogen) atoms. The van der Waals surface area contributed by atoms with Crippen molar-refractivity contribution in [1.29, 1.82) is 0 Å². The second-order valence-electron chi connectivity index (χ2n) is 6.92. The number of rotatable bonds is 5. The summed E-state index contributed by atoms with van der Waals surface area (Å²) in [6.45, 7) is 2.91. The number of benzene rings is 1. The van der Waals surface area contributed by atoms with E-state index in [0.717, 1.165) is 42.9 Å². The van der Waals surface area contributed by atoms with Crippen LogP contribution in [0.3, 0.4) is 0 Å². The van der Waals surface area contributed by atoms with Crippen molar-refractivity contribution < 1.29 is 14.6 Å². The van der Waals surface area contributed by atoms with Gasteiger partial charge in [-0.05, 0) is 30.9 Å². The van der Waals surface area contributed by atoms with Crippen molar-refractivity contribution >= 4 is 0 Å². The van der Waals surface area contributed by atoms with Gasteiger partial charge in [-0.15, -0.1) is 0 Å². The lowest BCUT2D eigenvalue weighted by Crippen LogP contribution is -2.35. The van der Waals surface area contributed by atoms with Crippen LogP contribution in [0.5, 0.6) is 11.5 Å². The highest BCUT2D eigenvalue weighted by atomic mass is 16.5. The molecule has 1 aliphatic carbocycles. The Hall–Kier alpha value is -2.05. The SMILES string of the molecule is O[C@@H]1CC(Cn2cccn2)C[C@H]1NCc1cccc2c1OCCCO2. The number of nitrogens with zero attached hydrogens (tertiary/aromatic N) is 2. The van der Waals surface area contributed by atoms with Crippen LogP contribution in [0.15, 0.2) is 36.7 Å². The third kappa shape index (κ3) is 3.80. The van der Waals surface area contributed by atoms with E-state index >= 15 is 0 Å². The van der Waals surface area contributed by atoms with Crippen LogP contribution in [0.25, 0.3) is 0 Å². The molecule has 134 valence electrons. The van der Waals surface area contributed by atoms with Crippen LogP contribution in [0.1, 0.15) is 24.8 Å². The Morgan fingerprint density at radius 2 is 2.12 bits per heavy atom. The van der Waals surface area contributed by atoms with Crippen LogP contribution in [-0.2, 0) is 13.1 Å². The molecule has 0 saturated heterocycles. The lowest BCUT2D eigenvalue weighted by atomic mass is 10.1. The molecule has 4 rings (SSSR count). The molecule has 1 aliphatic heterocycles. The Balaban J connectivity index is 1.37. The van der Waals surface area contributed by atoms with Crippen LogP contribution in [0.4, 0.5) is 0 Å². The van der Waals surface area contributed by atoms with Gasteiger partial charge in [0.05, 0.1) is 19.3 Å². The number of nitrogens with one attached hydrogen (secondary N) is 1. The van der Waals surface area contributed by atoms with Gasteiger partial charge in [0.1, 0.15) is 0 Å². The minimum atomic E-state index is -0.319. The van der Waals surface area contributed by atoms with Crippen LogP contribution in [0, 0.1) is 5.92 Å². The lowest BCUT2D eigenvalue weighted by molar-refractivity contribution is 0.145. The largest absolute Gasteiger partial charge is 0.490 e. The average molecular weight is 343 g/mol. The van der Waals surface area contributed by atoms with E-state index in [4.69, 9.17) is 9.47 Å². The number of hydrogen-bond donors (Lipinski definition) is 2. The molecule has 0 radical (unpaired) electrons. The quantitative estimate of drug-likeness (QED) is 0.869. The summed E-state index contributed by atoms with van der Waals surface area (Å²) in [4.78, 5) is 0. The van der Waals surface area contributed by atoms with Gasteiger partial charge >= 0.3 is 0 Å². The fourth-order valence-corrected chi connectivity index (χ4v) is 3.79. The first-order valence-electron chi connectivity index (χ1n) is 9.06. The second kappa shape index (κ2) is 7.45. The molecular weight excluding hydrogens is 318 g/mol. The highest BCUT2D eigenvalue weighted by molar-refractivity contribution is 5.47. The normalized spacial score (nSPS) is 25.7. The van der Waals surface area contributed by atoms with Crippen LogP contribution in [0.2, 0.25) is 0 Å². The third-order valence-electron chi connectivity index (χ3n) is 5.04. The molecule has 2 aromatic rings. The van der Waals surface area contributed by atoms with Gasteiger partial charge in [0.15, 0.2) is 11.5 Å². The Labute approximate surface area is 147 Å². The van der Waals surface area contributed by atoms with E-state index in [1.165, 1.54) is 0 Å². The van der Waals surface area contributed by atoms with E-state index in [2.05, 4.69) is 16.5 Å². The molecule has 1 unspecified atom stereocenters. The van der Waals surface area contributed by atoms with Crippen molar-refractivity contribution in [2.75, 3.05) is 13.2 Å². The van der Waals surface area contributed by atoms with E-state index in [1.807, 2.05) is 29.1 Å². The van der Waals surface area contributed by atoms with Crippen molar-refractivity contribution in [2.45, 2.75) is 44.5 Å². The second-order valence-corrected chi connectivity index (χ2v) is 6.92. The summed E-state index contributed by atoms with van der Waals surface area (Å²) in [5.74, 6) is 2.10. The standard InChI is InChI=1S/C19H25N3O3/c23-17-11-14(13-22-7-2-6-21-22)10-16(17)20-12-15-4-1-5-18-19(15)25-9-3-8-24-18/h1-2,4-7,14,16-17,20,23H,3,8-13H2/t14?,16-,17-/m1/s1. The highest BCUT2D eigenvalue weighted by Crippen LogP contribution is 2.34. The maximum absolute atomic E-state index is 10.4. The number of aromatic nitrogens is 2. The van der Waals surface area contributed by atoms with E-state index in [1.54, 1.807) is 6.20 Å². The Bertz CT molecular complexity index is 689. The van der Waals surface area contributed by atoms with E-state index in [-0.39, 0.29) is 12.1 Å². The number of ether oxygens (including phenoxy) is 2. The number of para-hydroxylation sites is 1. The first-order chi connectivity index (χ1) is 12.3. The van der Waals surface area contributed by atoms with Crippen molar-refractivity contribution in [2.24, 2.45) is 5.92 Å². The molecule has 0 amide bonds. The zero-order chi connectivity index (χ0) is 17.1.